The maximum atomic E-state index is 5.55. The number of rotatable bonds is 6. The average molecular weight is 262 g/mol. The molecular weight excluding hydrogens is 244 g/mol. The van der Waals surface area contributed by atoms with Gasteiger partial charge in [0.25, 0.3) is 0 Å². The fraction of sp³-hybridized carbons (Fsp3) is 0.429. The van der Waals surface area contributed by atoms with E-state index in [0.717, 1.165) is 29.9 Å². The highest BCUT2D eigenvalue weighted by atomic mass is 16.5. The van der Waals surface area contributed by atoms with E-state index in [2.05, 4.69) is 10.2 Å². The molecule has 0 saturated carbocycles. The standard InChI is InChI=1S/C14H18N2O3/c1-4-18-13-9-11(5-7-12(13)17-3)6-8-14-16-15-10(2)19-14/h5,7,9H,4,6,8H2,1-3H3. The largest absolute Gasteiger partial charge is 0.493 e. The van der Waals surface area contributed by atoms with Gasteiger partial charge in [-0.3, -0.25) is 0 Å². The fourth-order valence-electron chi connectivity index (χ4n) is 1.83. The third-order valence-corrected chi connectivity index (χ3v) is 2.72. The molecule has 1 aromatic heterocycles. The molecular formula is C14H18N2O3. The van der Waals surface area contributed by atoms with Gasteiger partial charge in [0.15, 0.2) is 11.5 Å². The lowest BCUT2D eigenvalue weighted by atomic mass is 10.1. The summed E-state index contributed by atoms with van der Waals surface area (Å²) in [6.07, 6.45) is 1.55. The van der Waals surface area contributed by atoms with E-state index in [1.807, 2.05) is 25.1 Å². The van der Waals surface area contributed by atoms with Crippen LogP contribution in [0.1, 0.15) is 24.3 Å². The third kappa shape index (κ3) is 3.47. The molecule has 1 aromatic carbocycles. The third-order valence-electron chi connectivity index (χ3n) is 2.72. The summed E-state index contributed by atoms with van der Waals surface area (Å²) in [6.45, 7) is 4.35. The van der Waals surface area contributed by atoms with E-state index >= 15 is 0 Å². The Balaban J connectivity index is 2.05. The molecule has 5 heteroatoms. The van der Waals surface area contributed by atoms with Crippen molar-refractivity contribution in [2.75, 3.05) is 13.7 Å². The molecule has 0 saturated heterocycles. The number of ether oxygens (including phenoxy) is 2. The lowest BCUT2D eigenvalue weighted by Crippen LogP contribution is -1.98. The first kappa shape index (κ1) is 13.4. The topological polar surface area (TPSA) is 57.4 Å². The first-order valence-corrected chi connectivity index (χ1v) is 6.31. The van der Waals surface area contributed by atoms with Crippen LogP contribution in [-0.2, 0) is 12.8 Å². The van der Waals surface area contributed by atoms with Crippen LogP contribution in [0.4, 0.5) is 0 Å². The molecule has 0 aliphatic carbocycles. The van der Waals surface area contributed by atoms with Crippen LogP contribution in [0.2, 0.25) is 0 Å². The van der Waals surface area contributed by atoms with Crippen molar-refractivity contribution < 1.29 is 13.9 Å². The number of hydrogen-bond acceptors (Lipinski definition) is 5. The zero-order valence-electron chi connectivity index (χ0n) is 11.5. The van der Waals surface area contributed by atoms with Crippen molar-refractivity contribution in [3.05, 3.63) is 35.5 Å². The molecule has 19 heavy (non-hydrogen) atoms. The zero-order chi connectivity index (χ0) is 13.7. The van der Waals surface area contributed by atoms with Gasteiger partial charge < -0.3 is 13.9 Å². The second-order valence-electron chi connectivity index (χ2n) is 4.13. The van der Waals surface area contributed by atoms with E-state index in [1.165, 1.54) is 0 Å². The minimum absolute atomic E-state index is 0.597. The number of aryl methyl sites for hydroxylation is 3. The lowest BCUT2D eigenvalue weighted by Gasteiger charge is -2.10. The first-order chi connectivity index (χ1) is 9.22. The Morgan fingerprint density at radius 1 is 1.16 bits per heavy atom. The number of methoxy groups -OCH3 is 1. The monoisotopic (exact) mass is 262 g/mol. The Kier molecular flexibility index (Phi) is 4.39. The van der Waals surface area contributed by atoms with Crippen molar-refractivity contribution >= 4 is 0 Å². The summed E-state index contributed by atoms with van der Waals surface area (Å²) >= 11 is 0. The number of benzene rings is 1. The fourth-order valence-corrected chi connectivity index (χ4v) is 1.83. The Labute approximate surface area is 112 Å². The first-order valence-electron chi connectivity index (χ1n) is 6.31. The van der Waals surface area contributed by atoms with Crippen LogP contribution in [0, 0.1) is 6.92 Å². The molecule has 0 fully saturated rings. The van der Waals surface area contributed by atoms with Crippen LogP contribution >= 0.6 is 0 Å². The van der Waals surface area contributed by atoms with E-state index < -0.39 is 0 Å². The molecule has 2 aromatic rings. The Morgan fingerprint density at radius 2 is 2.00 bits per heavy atom. The van der Waals surface area contributed by atoms with Gasteiger partial charge in [0.1, 0.15) is 0 Å². The number of aromatic nitrogens is 2. The Morgan fingerprint density at radius 3 is 2.63 bits per heavy atom. The maximum Gasteiger partial charge on any atom is 0.216 e. The second-order valence-corrected chi connectivity index (χ2v) is 4.13. The van der Waals surface area contributed by atoms with E-state index in [1.54, 1.807) is 14.0 Å². The van der Waals surface area contributed by atoms with Crippen molar-refractivity contribution in [2.45, 2.75) is 26.7 Å². The highest BCUT2D eigenvalue weighted by Gasteiger charge is 2.07. The van der Waals surface area contributed by atoms with Crippen LogP contribution in [0.25, 0.3) is 0 Å². The van der Waals surface area contributed by atoms with Gasteiger partial charge in [-0.05, 0) is 31.0 Å². The summed E-state index contributed by atoms with van der Waals surface area (Å²) in [5, 5.41) is 7.79. The van der Waals surface area contributed by atoms with E-state index in [-0.39, 0.29) is 0 Å². The smallest absolute Gasteiger partial charge is 0.216 e. The molecule has 0 unspecified atom stereocenters. The SMILES string of the molecule is CCOc1cc(CCc2nnc(C)o2)ccc1OC. The van der Waals surface area contributed by atoms with Crippen molar-refractivity contribution in [3.63, 3.8) is 0 Å². The quantitative estimate of drug-likeness (QED) is 0.800. The van der Waals surface area contributed by atoms with Gasteiger partial charge in [0.2, 0.25) is 11.8 Å². The molecule has 0 radical (unpaired) electrons. The van der Waals surface area contributed by atoms with Gasteiger partial charge in [-0.1, -0.05) is 6.07 Å². The summed E-state index contributed by atoms with van der Waals surface area (Å²) in [7, 11) is 1.64. The van der Waals surface area contributed by atoms with E-state index in [0.29, 0.717) is 18.4 Å². The molecule has 0 spiro atoms. The summed E-state index contributed by atoms with van der Waals surface area (Å²) in [6, 6.07) is 5.93. The molecule has 1 heterocycles. The molecule has 0 amide bonds. The molecule has 102 valence electrons. The predicted octanol–water partition coefficient (Wildman–Crippen LogP) is 2.57. The van der Waals surface area contributed by atoms with Crippen LogP contribution in [-0.4, -0.2) is 23.9 Å². The molecule has 0 aliphatic rings. The predicted molar refractivity (Wildman–Crippen MR) is 70.6 cm³/mol. The Hall–Kier alpha value is -2.04. The highest BCUT2D eigenvalue weighted by Crippen LogP contribution is 2.28. The molecule has 2 rings (SSSR count). The molecule has 5 nitrogen and oxygen atoms in total. The van der Waals surface area contributed by atoms with Crippen LogP contribution in [0.15, 0.2) is 22.6 Å². The van der Waals surface area contributed by atoms with E-state index in [9.17, 15) is 0 Å². The highest BCUT2D eigenvalue weighted by molar-refractivity contribution is 5.43. The van der Waals surface area contributed by atoms with Crippen molar-refractivity contribution in [1.82, 2.24) is 10.2 Å². The number of nitrogens with zero attached hydrogens (tertiary/aromatic N) is 2. The minimum atomic E-state index is 0.597. The minimum Gasteiger partial charge on any atom is -0.493 e. The van der Waals surface area contributed by atoms with Crippen molar-refractivity contribution in [1.29, 1.82) is 0 Å². The molecule has 0 atom stereocenters. The van der Waals surface area contributed by atoms with Gasteiger partial charge in [0.05, 0.1) is 13.7 Å². The summed E-state index contributed by atoms with van der Waals surface area (Å²) < 4.78 is 16.2. The average Bonchev–Trinajstić information content (AvgIpc) is 2.83. The molecule has 0 bridgehead atoms. The lowest BCUT2D eigenvalue weighted by molar-refractivity contribution is 0.310. The van der Waals surface area contributed by atoms with Gasteiger partial charge in [0, 0.05) is 13.3 Å². The van der Waals surface area contributed by atoms with Gasteiger partial charge in [-0.25, -0.2) is 0 Å². The van der Waals surface area contributed by atoms with Gasteiger partial charge >= 0.3 is 0 Å². The summed E-state index contributed by atoms with van der Waals surface area (Å²) in [4.78, 5) is 0. The van der Waals surface area contributed by atoms with Crippen molar-refractivity contribution in [2.24, 2.45) is 0 Å². The van der Waals surface area contributed by atoms with Gasteiger partial charge in [-0.15, -0.1) is 10.2 Å². The molecule has 0 N–H and O–H groups in total. The normalized spacial score (nSPS) is 10.5. The molecule has 0 aliphatic heterocycles. The second kappa shape index (κ2) is 6.22. The van der Waals surface area contributed by atoms with Crippen LogP contribution in [0.5, 0.6) is 11.5 Å². The van der Waals surface area contributed by atoms with E-state index in [4.69, 9.17) is 13.9 Å². The summed E-state index contributed by atoms with van der Waals surface area (Å²) in [5.74, 6) is 2.77. The number of hydrogen-bond donors (Lipinski definition) is 0. The Bertz CT molecular complexity index is 537. The van der Waals surface area contributed by atoms with Gasteiger partial charge in [-0.2, -0.15) is 0 Å². The maximum absolute atomic E-state index is 5.55. The van der Waals surface area contributed by atoms with Crippen LogP contribution < -0.4 is 9.47 Å². The zero-order valence-corrected chi connectivity index (χ0v) is 11.5. The van der Waals surface area contributed by atoms with Crippen LogP contribution in [0.3, 0.4) is 0 Å². The summed E-state index contributed by atoms with van der Waals surface area (Å²) in [5.41, 5.74) is 1.15. The van der Waals surface area contributed by atoms with Crippen molar-refractivity contribution in [3.8, 4) is 11.5 Å².